The molecule has 5 atom stereocenters. The van der Waals surface area contributed by atoms with Gasteiger partial charge in [-0.25, -0.2) is 13.2 Å². The van der Waals surface area contributed by atoms with Crippen LogP contribution in [0.15, 0.2) is 59.5 Å². The molecular formula is C27H37N3O7S. The first kappa shape index (κ1) is 24.3. The third kappa shape index (κ3) is 7.03. The quantitative estimate of drug-likeness (QED) is 0.362. The summed E-state index contributed by atoms with van der Waals surface area (Å²) in [6, 6.07) is 13.5. The number of nitrogen functional groups attached to an aromatic ring is 1. The molecule has 1 amide bonds. The number of hydrogen-bond donors (Lipinski definition) is 3. The Hall–Kier alpha value is -2.70. The van der Waals surface area contributed by atoms with Gasteiger partial charge in [-0.2, -0.15) is 4.31 Å². The number of aliphatic hydroxyl groups is 1. The van der Waals surface area contributed by atoms with Gasteiger partial charge in [-0.3, -0.25) is 0 Å². The molecule has 2 aliphatic heterocycles. The maximum absolute atomic E-state index is 13.6. The number of sulfonamides is 1. The fourth-order valence-corrected chi connectivity index (χ4v) is 5.98. The molecule has 11 heteroatoms. The Morgan fingerprint density at radius 2 is 1.92 bits per heavy atom. The minimum Gasteiger partial charge on any atom is -0.443 e. The van der Waals surface area contributed by atoms with E-state index >= 15 is 0 Å². The van der Waals surface area contributed by atoms with E-state index in [1.165, 1.54) is 24.3 Å². The van der Waals surface area contributed by atoms with E-state index in [1.54, 1.807) is 38.1 Å². The first-order valence-corrected chi connectivity index (χ1v) is 13.9. The first-order chi connectivity index (χ1) is 19.1. The summed E-state index contributed by atoms with van der Waals surface area (Å²) in [4.78, 5) is 13.0. The van der Waals surface area contributed by atoms with Gasteiger partial charge in [-0.1, -0.05) is 44.2 Å². The van der Waals surface area contributed by atoms with Crippen LogP contribution in [0.2, 0.25) is 0 Å². The summed E-state index contributed by atoms with van der Waals surface area (Å²) in [7, 11) is -4.16. The lowest BCUT2D eigenvalue weighted by Crippen LogP contribution is -2.51. The monoisotopic (exact) mass is 550 g/mol. The van der Waals surface area contributed by atoms with Crippen LogP contribution in [0.3, 0.4) is 0 Å². The number of amides is 1. The predicted molar refractivity (Wildman–Crippen MR) is 142 cm³/mol. The van der Waals surface area contributed by atoms with Crippen LogP contribution in [-0.2, 0) is 30.7 Å². The Morgan fingerprint density at radius 3 is 2.61 bits per heavy atom. The second-order valence-electron chi connectivity index (χ2n) is 9.68. The fraction of sp³-hybridized carbons (Fsp3) is 0.519. The van der Waals surface area contributed by atoms with Crippen molar-refractivity contribution >= 4 is 21.8 Å². The topological polar surface area (TPSA) is 140 Å². The summed E-state index contributed by atoms with van der Waals surface area (Å²) in [6.07, 6.45) is -5.28. The van der Waals surface area contributed by atoms with Crippen LogP contribution < -0.4 is 11.1 Å². The number of carbonyl (C=O) groups excluding carboxylic acids is 1. The third-order valence-corrected chi connectivity index (χ3v) is 8.16. The van der Waals surface area contributed by atoms with Crippen molar-refractivity contribution in [2.45, 2.75) is 56.1 Å². The van der Waals surface area contributed by atoms with Gasteiger partial charge in [0.05, 0.1) is 37.5 Å². The van der Waals surface area contributed by atoms with Crippen LogP contribution in [0.4, 0.5) is 10.5 Å². The zero-order valence-corrected chi connectivity index (χ0v) is 22.3. The maximum Gasteiger partial charge on any atom is 0.407 e. The van der Waals surface area contributed by atoms with Gasteiger partial charge >= 0.3 is 6.09 Å². The molecule has 4 N–H and O–H groups in total. The molecule has 38 heavy (non-hydrogen) atoms. The molecule has 2 aliphatic rings. The molecule has 10 nitrogen and oxygen atoms in total. The lowest BCUT2D eigenvalue weighted by molar-refractivity contribution is -0.0907. The summed E-state index contributed by atoms with van der Waals surface area (Å²) in [6.45, 7) is 2.26. The summed E-state index contributed by atoms with van der Waals surface area (Å²) in [5, 5.41) is 14.0. The van der Waals surface area contributed by atoms with Gasteiger partial charge in [0.25, 0.3) is 0 Å². The number of hydrogen-bond acceptors (Lipinski definition) is 8. The molecule has 4 rings (SSSR count). The Morgan fingerprint density at radius 1 is 1.21 bits per heavy atom. The summed E-state index contributed by atoms with van der Waals surface area (Å²) < 4.78 is 70.0. The lowest BCUT2D eigenvalue weighted by atomic mass is 10.0. The number of anilines is 1. The van der Waals surface area contributed by atoms with Gasteiger partial charge in [0.1, 0.15) is 6.08 Å². The molecule has 2 fully saturated rings. The van der Waals surface area contributed by atoms with Gasteiger partial charge in [-0.05, 0) is 48.6 Å². The molecule has 0 aromatic heterocycles. The second kappa shape index (κ2) is 12.4. The standard InChI is InChI=1S/C27H37N3O7S/c1-18(2)15-30(38(33,34)21-10-8-20(28)9-11-21)16-24(31)23(14-19-6-4-3-5-7-19)29-27(32)37-25-17-36-26-22(25)12-13-35-26/h3-11,18,22-26,31H,12-17,28H2,1-2H3,(H,29,32)/t22-,23-,24+,25-,26+/m0/s1/i18D,22D,25D. The molecule has 0 bridgehead atoms. The van der Waals surface area contributed by atoms with Crippen LogP contribution in [0.25, 0.3) is 0 Å². The fourth-order valence-electron chi connectivity index (χ4n) is 4.42. The number of carbonyl (C=O) groups is 1. The van der Waals surface area contributed by atoms with E-state index in [0.29, 0.717) is 5.69 Å². The summed E-state index contributed by atoms with van der Waals surface area (Å²) in [5.74, 6) is -2.81. The van der Waals surface area contributed by atoms with E-state index in [1.807, 2.05) is 6.07 Å². The maximum atomic E-state index is 13.6. The van der Waals surface area contributed by atoms with E-state index in [9.17, 15) is 18.3 Å². The van der Waals surface area contributed by atoms with Crippen LogP contribution in [-0.4, -0.2) is 74.7 Å². The molecule has 2 heterocycles. The first-order valence-electron chi connectivity index (χ1n) is 13.9. The van der Waals surface area contributed by atoms with E-state index in [2.05, 4.69) is 5.32 Å². The largest absolute Gasteiger partial charge is 0.443 e. The number of nitrogens with zero attached hydrogens (tertiary/aromatic N) is 1. The van der Waals surface area contributed by atoms with E-state index in [0.717, 1.165) is 9.87 Å². The van der Waals surface area contributed by atoms with Crippen LogP contribution >= 0.6 is 0 Å². The van der Waals surface area contributed by atoms with Crippen molar-refractivity contribution in [3.05, 3.63) is 60.2 Å². The van der Waals surface area contributed by atoms with E-state index in [4.69, 9.17) is 24.1 Å². The highest BCUT2D eigenvalue weighted by Crippen LogP contribution is 2.33. The van der Waals surface area contributed by atoms with Gasteiger partial charge in [0.2, 0.25) is 10.0 Å². The van der Waals surface area contributed by atoms with Gasteiger partial charge < -0.3 is 30.4 Å². The van der Waals surface area contributed by atoms with Crippen LogP contribution in [0, 0.1) is 11.8 Å². The number of ether oxygens (including phenoxy) is 3. The molecule has 0 unspecified atom stereocenters. The predicted octanol–water partition coefficient (Wildman–Crippen LogP) is 2.38. The van der Waals surface area contributed by atoms with Crippen LogP contribution in [0.1, 0.15) is 29.9 Å². The molecule has 0 spiro atoms. The summed E-state index contributed by atoms with van der Waals surface area (Å²) in [5.41, 5.74) is 6.85. The van der Waals surface area contributed by atoms with Gasteiger partial charge in [0, 0.05) is 21.5 Å². The minimum absolute atomic E-state index is 0.0541. The van der Waals surface area contributed by atoms with Crippen molar-refractivity contribution in [3.8, 4) is 0 Å². The number of aliphatic hydroxyl groups excluding tert-OH is 1. The molecule has 0 saturated carbocycles. The Bertz CT molecular complexity index is 1310. The molecule has 0 radical (unpaired) electrons. The molecule has 208 valence electrons. The normalized spacial score (nSPS) is 28.1. The molecule has 0 aliphatic carbocycles. The number of rotatable bonds is 11. The van der Waals surface area contributed by atoms with Gasteiger partial charge in [-0.15, -0.1) is 0 Å². The van der Waals surface area contributed by atoms with Crippen molar-refractivity contribution in [1.82, 2.24) is 9.62 Å². The van der Waals surface area contributed by atoms with E-state index < -0.39 is 59.0 Å². The third-order valence-electron chi connectivity index (χ3n) is 6.33. The highest BCUT2D eigenvalue weighted by atomic mass is 32.2. The number of alkyl carbamates (subject to hydrolysis) is 1. The number of nitrogens with two attached hydrogens (primary N) is 1. The zero-order valence-electron chi connectivity index (χ0n) is 24.5. The number of benzene rings is 2. The van der Waals surface area contributed by atoms with Crippen LogP contribution in [0.5, 0.6) is 0 Å². The second-order valence-corrected chi connectivity index (χ2v) is 11.6. The molecule has 2 aromatic carbocycles. The number of fused-ring (bicyclic) bond motifs is 1. The molecular weight excluding hydrogens is 510 g/mol. The average molecular weight is 551 g/mol. The zero-order chi connectivity index (χ0) is 30.1. The Kier molecular flexibility index (Phi) is 7.97. The van der Waals surface area contributed by atoms with Crippen molar-refractivity contribution in [2.75, 3.05) is 32.0 Å². The van der Waals surface area contributed by atoms with Crippen molar-refractivity contribution in [3.63, 3.8) is 0 Å². The lowest BCUT2D eigenvalue weighted by Gasteiger charge is -2.31. The highest BCUT2D eigenvalue weighted by Gasteiger charge is 2.44. The van der Waals surface area contributed by atoms with Crippen molar-refractivity contribution in [2.24, 2.45) is 11.8 Å². The highest BCUT2D eigenvalue weighted by molar-refractivity contribution is 7.89. The summed E-state index contributed by atoms with van der Waals surface area (Å²) >= 11 is 0. The Balaban J connectivity index is 1.57. The Labute approximate surface area is 228 Å². The SMILES string of the molecule is [2H]C(C)(C)CN(C[C@@H](O)[C@H](Cc1ccccc1)NC(=O)O[C@@]1([2H])CO[C@H]2OCC[C@]21[2H])S(=O)(=O)c1ccc(N)cc1. The molecule has 2 saturated heterocycles. The minimum atomic E-state index is -4.16. The van der Waals surface area contributed by atoms with Gasteiger partial charge in [0.15, 0.2) is 6.29 Å². The smallest absolute Gasteiger partial charge is 0.407 e. The van der Waals surface area contributed by atoms with E-state index in [-0.39, 0.29) is 37.5 Å². The molecule has 2 aromatic rings. The number of nitrogens with one attached hydrogen (secondary N) is 1. The van der Waals surface area contributed by atoms with Crippen molar-refractivity contribution < 1.29 is 36.6 Å². The van der Waals surface area contributed by atoms with Crippen molar-refractivity contribution in [1.29, 1.82) is 0 Å². The average Bonchev–Trinajstić information content (AvgIpc) is 3.38.